The van der Waals surface area contributed by atoms with Crippen LogP contribution in [0.15, 0.2) is 46.9 Å². The maximum atomic E-state index is 13.3. The summed E-state index contributed by atoms with van der Waals surface area (Å²) in [4.78, 5) is 22.9. The van der Waals surface area contributed by atoms with E-state index in [2.05, 4.69) is 21.2 Å². The molecular weight excluding hydrogens is 327 g/mol. The van der Waals surface area contributed by atoms with E-state index in [-0.39, 0.29) is 10.0 Å². The Kier molecular flexibility index (Phi) is 4.14. The monoisotopic (exact) mass is 336 g/mol. The molecule has 0 aromatic heterocycles. The van der Waals surface area contributed by atoms with Crippen LogP contribution in [0.25, 0.3) is 0 Å². The first-order chi connectivity index (χ1) is 9.49. The van der Waals surface area contributed by atoms with Crippen molar-refractivity contribution in [3.8, 4) is 0 Å². The number of nitrogens with one attached hydrogen (secondary N) is 1. The van der Waals surface area contributed by atoms with Crippen LogP contribution in [0.4, 0.5) is 10.1 Å². The Morgan fingerprint density at radius 1 is 1.10 bits per heavy atom. The molecule has 2 rings (SSSR count). The fraction of sp³-hybridized carbons (Fsp3) is 0. The first-order valence-electron chi connectivity index (χ1n) is 5.64. The first kappa shape index (κ1) is 14.2. The second-order valence-electron chi connectivity index (χ2n) is 4.00. The van der Waals surface area contributed by atoms with Gasteiger partial charge < -0.3 is 11.1 Å². The number of carbonyl (C=O) groups is 2. The summed E-state index contributed by atoms with van der Waals surface area (Å²) in [6.45, 7) is 0. The SMILES string of the molecule is NC(=O)c1ccc(NC(=O)c2cccc(F)c2Br)cc1. The predicted octanol–water partition coefficient (Wildman–Crippen LogP) is 2.94. The molecule has 0 spiro atoms. The van der Waals surface area contributed by atoms with Crippen molar-refractivity contribution in [2.45, 2.75) is 0 Å². The zero-order valence-corrected chi connectivity index (χ0v) is 11.8. The van der Waals surface area contributed by atoms with E-state index < -0.39 is 17.6 Å². The molecule has 0 aliphatic heterocycles. The molecule has 0 unspecified atom stereocenters. The Balaban J connectivity index is 2.19. The van der Waals surface area contributed by atoms with Gasteiger partial charge in [0.1, 0.15) is 5.82 Å². The summed E-state index contributed by atoms with van der Waals surface area (Å²) in [5, 5.41) is 2.60. The number of carbonyl (C=O) groups excluding carboxylic acids is 2. The van der Waals surface area contributed by atoms with E-state index in [9.17, 15) is 14.0 Å². The van der Waals surface area contributed by atoms with Crippen molar-refractivity contribution in [1.29, 1.82) is 0 Å². The van der Waals surface area contributed by atoms with Gasteiger partial charge in [-0.05, 0) is 52.3 Å². The fourth-order valence-electron chi connectivity index (χ4n) is 1.60. The summed E-state index contributed by atoms with van der Waals surface area (Å²) in [6.07, 6.45) is 0. The lowest BCUT2D eigenvalue weighted by atomic mass is 10.1. The molecule has 0 saturated carbocycles. The molecule has 6 heteroatoms. The van der Waals surface area contributed by atoms with Gasteiger partial charge in [0.05, 0.1) is 10.0 Å². The molecule has 2 aromatic carbocycles. The van der Waals surface area contributed by atoms with Gasteiger partial charge in [-0.25, -0.2) is 4.39 Å². The zero-order valence-electron chi connectivity index (χ0n) is 10.2. The molecule has 2 amide bonds. The second-order valence-corrected chi connectivity index (χ2v) is 4.79. The third-order valence-electron chi connectivity index (χ3n) is 2.62. The summed E-state index contributed by atoms with van der Waals surface area (Å²) in [7, 11) is 0. The third-order valence-corrected chi connectivity index (χ3v) is 3.43. The normalized spacial score (nSPS) is 10.1. The molecule has 0 atom stereocenters. The summed E-state index contributed by atoms with van der Waals surface area (Å²) >= 11 is 3.03. The molecule has 3 N–H and O–H groups in total. The van der Waals surface area contributed by atoms with Crippen LogP contribution < -0.4 is 11.1 Å². The molecule has 2 aromatic rings. The molecule has 0 heterocycles. The van der Waals surface area contributed by atoms with E-state index in [0.29, 0.717) is 11.3 Å². The Labute approximate surface area is 122 Å². The minimum atomic E-state index is -0.546. The summed E-state index contributed by atoms with van der Waals surface area (Å²) < 4.78 is 13.4. The molecule has 0 saturated heterocycles. The maximum absolute atomic E-state index is 13.3. The molecule has 0 aliphatic rings. The van der Waals surface area contributed by atoms with Crippen molar-refractivity contribution >= 4 is 33.4 Å². The fourth-order valence-corrected chi connectivity index (χ4v) is 2.04. The van der Waals surface area contributed by atoms with Crippen LogP contribution in [-0.2, 0) is 0 Å². The number of rotatable bonds is 3. The van der Waals surface area contributed by atoms with Crippen LogP contribution in [0.5, 0.6) is 0 Å². The lowest BCUT2D eigenvalue weighted by molar-refractivity contribution is 0.0998. The number of hydrogen-bond donors (Lipinski definition) is 2. The van der Waals surface area contributed by atoms with E-state index >= 15 is 0 Å². The smallest absolute Gasteiger partial charge is 0.256 e. The van der Waals surface area contributed by atoms with Crippen LogP contribution in [-0.4, -0.2) is 11.8 Å². The van der Waals surface area contributed by atoms with E-state index in [0.717, 1.165) is 0 Å². The molecule has 0 aliphatic carbocycles. The molecule has 0 radical (unpaired) electrons. The minimum Gasteiger partial charge on any atom is -0.366 e. The van der Waals surface area contributed by atoms with Gasteiger partial charge in [0.25, 0.3) is 5.91 Å². The number of amides is 2. The quantitative estimate of drug-likeness (QED) is 0.904. The third kappa shape index (κ3) is 3.03. The number of hydrogen-bond acceptors (Lipinski definition) is 2. The Morgan fingerprint density at radius 2 is 1.75 bits per heavy atom. The molecule has 4 nitrogen and oxygen atoms in total. The van der Waals surface area contributed by atoms with Crippen LogP contribution in [0.2, 0.25) is 0 Å². The standard InChI is InChI=1S/C14H10BrFN2O2/c15-12-10(2-1-3-11(12)16)14(20)18-9-6-4-8(5-7-9)13(17)19/h1-7H,(H2,17,19)(H,18,20). The number of primary amides is 1. The molecule has 102 valence electrons. The van der Waals surface area contributed by atoms with Crippen molar-refractivity contribution < 1.29 is 14.0 Å². The maximum Gasteiger partial charge on any atom is 0.256 e. The summed E-state index contributed by atoms with van der Waals surface area (Å²) in [6, 6.07) is 10.3. The number of nitrogens with two attached hydrogens (primary N) is 1. The van der Waals surface area contributed by atoms with Gasteiger partial charge in [-0.2, -0.15) is 0 Å². The Morgan fingerprint density at radius 3 is 2.35 bits per heavy atom. The Bertz CT molecular complexity index is 671. The van der Waals surface area contributed by atoms with Crippen molar-refractivity contribution in [2.24, 2.45) is 5.73 Å². The highest BCUT2D eigenvalue weighted by Gasteiger charge is 2.13. The van der Waals surface area contributed by atoms with Crippen molar-refractivity contribution in [2.75, 3.05) is 5.32 Å². The van der Waals surface area contributed by atoms with Gasteiger partial charge in [0.2, 0.25) is 5.91 Å². The second kappa shape index (κ2) is 5.83. The van der Waals surface area contributed by atoms with Gasteiger partial charge in [-0.1, -0.05) is 6.07 Å². The highest BCUT2D eigenvalue weighted by molar-refractivity contribution is 9.10. The average Bonchev–Trinajstić information content (AvgIpc) is 2.42. The van der Waals surface area contributed by atoms with Crippen molar-refractivity contribution in [1.82, 2.24) is 0 Å². The van der Waals surface area contributed by atoms with Gasteiger partial charge >= 0.3 is 0 Å². The number of halogens is 2. The van der Waals surface area contributed by atoms with Gasteiger partial charge in [-0.3, -0.25) is 9.59 Å². The molecule has 0 fully saturated rings. The highest BCUT2D eigenvalue weighted by Crippen LogP contribution is 2.21. The summed E-state index contributed by atoms with van der Waals surface area (Å²) in [5.41, 5.74) is 6.13. The van der Waals surface area contributed by atoms with E-state index in [4.69, 9.17) is 5.73 Å². The predicted molar refractivity (Wildman–Crippen MR) is 77.0 cm³/mol. The van der Waals surface area contributed by atoms with E-state index in [1.165, 1.54) is 30.3 Å². The van der Waals surface area contributed by atoms with E-state index in [1.54, 1.807) is 12.1 Å². The van der Waals surface area contributed by atoms with Gasteiger partial charge in [-0.15, -0.1) is 0 Å². The number of benzene rings is 2. The first-order valence-corrected chi connectivity index (χ1v) is 6.43. The Hall–Kier alpha value is -2.21. The topological polar surface area (TPSA) is 72.2 Å². The van der Waals surface area contributed by atoms with Crippen LogP contribution in [0, 0.1) is 5.82 Å². The van der Waals surface area contributed by atoms with Crippen molar-refractivity contribution in [3.63, 3.8) is 0 Å². The average molecular weight is 337 g/mol. The molecule has 20 heavy (non-hydrogen) atoms. The molecular formula is C14H10BrFN2O2. The van der Waals surface area contributed by atoms with Crippen LogP contribution in [0.3, 0.4) is 0 Å². The minimum absolute atomic E-state index is 0.103. The van der Waals surface area contributed by atoms with Crippen LogP contribution in [0.1, 0.15) is 20.7 Å². The lowest BCUT2D eigenvalue weighted by Gasteiger charge is -2.07. The zero-order chi connectivity index (χ0) is 14.7. The number of anilines is 1. The summed E-state index contributed by atoms with van der Waals surface area (Å²) in [5.74, 6) is -1.51. The molecule has 0 bridgehead atoms. The highest BCUT2D eigenvalue weighted by atomic mass is 79.9. The van der Waals surface area contributed by atoms with Crippen molar-refractivity contribution in [3.05, 3.63) is 63.9 Å². The van der Waals surface area contributed by atoms with Crippen LogP contribution >= 0.6 is 15.9 Å². The van der Waals surface area contributed by atoms with Gasteiger partial charge in [0.15, 0.2) is 0 Å². The largest absolute Gasteiger partial charge is 0.366 e. The lowest BCUT2D eigenvalue weighted by Crippen LogP contribution is -2.14. The van der Waals surface area contributed by atoms with Gasteiger partial charge in [0, 0.05) is 11.3 Å². The van der Waals surface area contributed by atoms with E-state index in [1.807, 2.05) is 0 Å².